The van der Waals surface area contributed by atoms with Gasteiger partial charge < -0.3 is 0 Å². The molecule has 0 fully saturated rings. The van der Waals surface area contributed by atoms with Crippen LogP contribution in [0.4, 0.5) is 0 Å². The molecule has 1 aliphatic carbocycles. The number of unbranched alkanes of at least 4 members (excludes halogenated alkanes) is 2. The lowest BCUT2D eigenvalue weighted by Crippen LogP contribution is -2.31. The first-order chi connectivity index (χ1) is 18.9. The predicted octanol–water partition coefficient (Wildman–Crippen LogP) is 13.4. The van der Waals surface area contributed by atoms with Crippen molar-refractivity contribution < 1.29 is 0 Å². The van der Waals surface area contributed by atoms with Crippen LogP contribution in [-0.2, 0) is 5.41 Å². The van der Waals surface area contributed by atoms with Crippen LogP contribution in [0.5, 0.6) is 0 Å². The highest BCUT2D eigenvalue weighted by atomic mass is 32.1. The topological polar surface area (TPSA) is 0 Å². The fourth-order valence-corrected chi connectivity index (χ4v) is 11.3. The molecule has 0 amide bonds. The molecule has 4 heterocycles. The average Bonchev–Trinajstić information content (AvgIpc) is 3.74. The Hall–Kier alpha value is -1.20. The van der Waals surface area contributed by atoms with Crippen molar-refractivity contribution in [1.29, 1.82) is 0 Å². The van der Waals surface area contributed by atoms with E-state index in [9.17, 15) is 0 Å². The summed E-state index contributed by atoms with van der Waals surface area (Å²) in [5, 5.41) is 0. The molecule has 0 N–H and O–H groups in total. The summed E-state index contributed by atoms with van der Waals surface area (Å²) in [6.45, 7) is 14.1. The van der Waals surface area contributed by atoms with E-state index < -0.39 is 0 Å². The maximum atomic E-state index is 2.64. The highest BCUT2D eigenvalue weighted by molar-refractivity contribution is 7.29. The standard InChI is InChI=1S/C35H46S4/c1-7-11-13-25(9-3)21-35(22-26(10-4)14-12-8-2)27-19-31(29-17-15-23(5)36-29)38-33(27)34-28(35)20-32(39-34)30-18-16-24(6)37-30/h15-20,25-26H,7-14,21-22H2,1-6H3. The molecule has 0 bridgehead atoms. The normalized spacial score (nSPS) is 15.4. The summed E-state index contributed by atoms with van der Waals surface area (Å²) in [4.78, 5) is 11.9. The van der Waals surface area contributed by atoms with E-state index in [2.05, 4.69) is 101 Å². The lowest BCUT2D eigenvalue weighted by Gasteiger charge is -2.37. The molecule has 2 unspecified atom stereocenters. The first-order valence-electron chi connectivity index (χ1n) is 15.3. The van der Waals surface area contributed by atoms with Crippen molar-refractivity contribution >= 4 is 45.3 Å². The molecular weight excluding hydrogens is 549 g/mol. The summed E-state index contributed by atoms with van der Waals surface area (Å²) in [5.41, 5.74) is 3.50. The Labute approximate surface area is 253 Å². The van der Waals surface area contributed by atoms with Crippen molar-refractivity contribution in [3.63, 3.8) is 0 Å². The first-order valence-corrected chi connectivity index (χ1v) is 18.6. The van der Waals surface area contributed by atoms with Gasteiger partial charge in [0.25, 0.3) is 0 Å². The van der Waals surface area contributed by atoms with Crippen molar-refractivity contribution in [2.75, 3.05) is 0 Å². The molecular formula is C35H46S4. The van der Waals surface area contributed by atoms with Crippen LogP contribution < -0.4 is 0 Å². The highest BCUT2D eigenvalue weighted by Gasteiger charge is 2.48. The highest BCUT2D eigenvalue weighted by Crippen LogP contribution is 2.63. The number of fused-ring (bicyclic) bond motifs is 3. The maximum Gasteiger partial charge on any atom is 0.0493 e. The van der Waals surface area contributed by atoms with Gasteiger partial charge >= 0.3 is 0 Å². The molecule has 0 saturated heterocycles. The zero-order valence-corrected chi connectivity index (χ0v) is 28.1. The fourth-order valence-electron chi connectivity index (χ4n) is 6.75. The Morgan fingerprint density at radius 1 is 0.590 bits per heavy atom. The summed E-state index contributed by atoms with van der Waals surface area (Å²) in [6.07, 6.45) is 13.3. The molecule has 0 spiro atoms. The van der Waals surface area contributed by atoms with E-state index in [1.54, 1.807) is 20.9 Å². The molecule has 5 rings (SSSR count). The van der Waals surface area contributed by atoms with Crippen LogP contribution in [0.25, 0.3) is 29.3 Å². The van der Waals surface area contributed by atoms with Gasteiger partial charge in [0.1, 0.15) is 0 Å². The largest absolute Gasteiger partial charge is 0.140 e. The van der Waals surface area contributed by atoms with Crippen LogP contribution in [0.15, 0.2) is 36.4 Å². The molecule has 0 nitrogen and oxygen atoms in total. The first kappa shape index (κ1) is 29.3. The molecule has 0 saturated carbocycles. The van der Waals surface area contributed by atoms with Crippen molar-refractivity contribution in [2.45, 2.75) is 111 Å². The molecule has 39 heavy (non-hydrogen) atoms. The number of hydrogen-bond acceptors (Lipinski definition) is 4. The molecule has 4 aromatic heterocycles. The lowest BCUT2D eigenvalue weighted by atomic mass is 9.65. The zero-order valence-electron chi connectivity index (χ0n) is 24.8. The minimum absolute atomic E-state index is 0.148. The van der Waals surface area contributed by atoms with E-state index in [4.69, 9.17) is 0 Å². The van der Waals surface area contributed by atoms with Gasteiger partial charge in [-0.05, 0) is 86.1 Å². The summed E-state index contributed by atoms with van der Waals surface area (Å²) in [6, 6.07) is 14.6. The minimum atomic E-state index is 0.148. The van der Waals surface area contributed by atoms with Gasteiger partial charge in [0.05, 0.1) is 0 Å². The van der Waals surface area contributed by atoms with E-state index in [1.165, 1.54) is 93.5 Å². The smallest absolute Gasteiger partial charge is 0.0493 e. The number of aryl methyl sites for hydroxylation is 2. The van der Waals surface area contributed by atoms with E-state index in [0.29, 0.717) is 0 Å². The van der Waals surface area contributed by atoms with Gasteiger partial charge in [0, 0.05) is 44.4 Å². The molecule has 0 aromatic carbocycles. The molecule has 0 aliphatic heterocycles. The maximum absolute atomic E-state index is 2.64. The predicted molar refractivity (Wildman–Crippen MR) is 180 cm³/mol. The SMILES string of the molecule is CCCCC(CC)CC1(CC(CC)CCCC)c2cc(-c3ccc(C)s3)sc2-c2sc(-c3ccc(C)s3)cc21. The quantitative estimate of drug-likeness (QED) is 0.136. The fraction of sp³-hybridized carbons (Fsp3) is 0.543. The summed E-state index contributed by atoms with van der Waals surface area (Å²) in [5.74, 6) is 1.57. The second kappa shape index (κ2) is 12.8. The monoisotopic (exact) mass is 594 g/mol. The lowest BCUT2D eigenvalue weighted by molar-refractivity contribution is 0.266. The molecule has 1 aliphatic rings. The van der Waals surface area contributed by atoms with Crippen LogP contribution >= 0.6 is 45.3 Å². The van der Waals surface area contributed by atoms with Crippen LogP contribution in [0.2, 0.25) is 0 Å². The summed E-state index contributed by atoms with van der Waals surface area (Å²) >= 11 is 8.07. The van der Waals surface area contributed by atoms with Gasteiger partial charge in [-0.2, -0.15) is 0 Å². The van der Waals surface area contributed by atoms with Crippen LogP contribution in [0.3, 0.4) is 0 Å². The van der Waals surface area contributed by atoms with Gasteiger partial charge in [-0.1, -0.05) is 79.1 Å². The summed E-state index contributed by atoms with van der Waals surface area (Å²) in [7, 11) is 0. The van der Waals surface area contributed by atoms with Gasteiger partial charge in [-0.15, -0.1) is 45.3 Å². The molecule has 4 aromatic rings. The van der Waals surface area contributed by atoms with Gasteiger partial charge in [-0.25, -0.2) is 0 Å². The number of rotatable bonds is 14. The Kier molecular flexibility index (Phi) is 9.58. The van der Waals surface area contributed by atoms with E-state index in [-0.39, 0.29) is 5.41 Å². The van der Waals surface area contributed by atoms with Gasteiger partial charge in [-0.3, -0.25) is 0 Å². The zero-order chi connectivity index (χ0) is 27.6. The Bertz CT molecular complexity index is 1250. The number of thiophene rings is 4. The summed E-state index contributed by atoms with van der Waals surface area (Å²) < 4.78 is 0. The van der Waals surface area contributed by atoms with Gasteiger partial charge in [0.2, 0.25) is 0 Å². The van der Waals surface area contributed by atoms with Crippen LogP contribution in [0.1, 0.15) is 113 Å². The third-order valence-electron chi connectivity index (χ3n) is 9.03. The second-order valence-electron chi connectivity index (χ2n) is 11.9. The van der Waals surface area contributed by atoms with Gasteiger partial charge in [0.15, 0.2) is 0 Å². The van der Waals surface area contributed by atoms with Crippen LogP contribution in [0, 0.1) is 25.7 Å². The molecule has 0 radical (unpaired) electrons. The Balaban J connectivity index is 1.68. The minimum Gasteiger partial charge on any atom is -0.140 e. The van der Waals surface area contributed by atoms with Crippen molar-refractivity contribution in [1.82, 2.24) is 0 Å². The number of hydrogen-bond donors (Lipinski definition) is 0. The van der Waals surface area contributed by atoms with E-state index in [1.807, 2.05) is 22.7 Å². The van der Waals surface area contributed by atoms with Crippen molar-refractivity contribution in [3.8, 4) is 29.3 Å². The van der Waals surface area contributed by atoms with Crippen molar-refractivity contribution in [2.24, 2.45) is 11.8 Å². The van der Waals surface area contributed by atoms with Crippen molar-refractivity contribution in [3.05, 3.63) is 57.3 Å². The second-order valence-corrected chi connectivity index (χ2v) is 16.5. The van der Waals surface area contributed by atoms with E-state index >= 15 is 0 Å². The van der Waals surface area contributed by atoms with E-state index in [0.717, 1.165) is 11.8 Å². The molecule has 210 valence electrons. The average molecular weight is 595 g/mol. The Morgan fingerprint density at radius 3 is 1.36 bits per heavy atom. The van der Waals surface area contributed by atoms with Crippen LogP contribution in [-0.4, -0.2) is 0 Å². The third kappa shape index (κ3) is 5.92. The Morgan fingerprint density at radius 2 is 1.03 bits per heavy atom. The molecule has 2 atom stereocenters. The molecule has 4 heteroatoms. The third-order valence-corrected chi connectivity index (χ3v) is 13.9.